The minimum Gasteiger partial charge on any atom is -0.357 e. The molecule has 5 nitrogen and oxygen atoms in total. The summed E-state index contributed by atoms with van der Waals surface area (Å²) >= 11 is 0. The molecule has 1 aromatic carbocycles. The van der Waals surface area contributed by atoms with Gasteiger partial charge in [0.05, 0.1) is 12.2 Å². The molecule has 1 fully saturated rings. The molecule has 28 heavy (non-hydrogen) atoms. The summed E-state index contributed by atoms with van der Waals surface area (Å²) in [6, 6.07) is 11.1. The highest BCUT2D eigenvalue weighted by atomic mass is 127. The highest BCUT2D eigenvalue weighted by Crippen LogP contribution is 2.48. The number of aromatic nitrogens is 2. The summed E-state index contributed by atoms with van der Waals surface area (Å²) in [6.07, 6.45) is 3.40. The third kappa shape index (κ3) is 5.27. The van der Waals surface area contributed by atoms with Gasteiger partial charge in [-0.05, 0) is 58.1 Å². The Bertz CT molecular complexity index is 793. The van der Waals surface area contributed by atoms with E-state index in [1.165, 1.54) is 29.7 Å². The van der Waals surface area contributed by atoms with E-state index in [9.17, 15) is 0 Å². The highest BCUT2D eigenvalue weighted by Gasteiger charge is 2.44. The Balaban J connectivity index is 0.00000280. The second kappa shape index (κ2) is 9.76. The first-order chi connectivity index (χ1) is 12.9. The van der Waals surface area contributed by atoms with Gasteiger partial charge in [0.2, 0.25) is 0 Å². The largest absolute Gasteiger partial charge is 0.357 e. The summed E-state index contributed by atoms with van der Waals surface area (Å²) in [5.74, 6) is 0.909. The highest BCUT2D eigenvalue weighted by molar-refractivity contribution is 14.0. The van der Waals surface area contributed by atoms with Crippen LogP contribution in [-0.4, -0.2) is 34.9 Å². The second-order valence-corrected chi connectivity index (χ2v) is 7.86. The fraction of sp³-hybridized carbons (Fsp3) is 0.545. The molecule has 2 aromatic rings. The van der Waals surface area contributed by atoms with Gasteiger partial charge in [-0.2, -0.15) is 5.10 Å². The van der Waals surface area contributed by atoms with Crippen LogP contribution in [0.15, 0.2) is 35.3 Å². The van der Waals surface area contributed by atoms with E-state index in [1.54, 1.807) is 0 Å². The molecular weight excluding hydrogens is 461 g/mol. The molecule has 1 atom stereocenters. The molecule has 0 aliphatic heterocycles. The van der Waals surface area contributed by atoms with Gasteiger partial charge < -0.3 is 10.6 Å². The Hall–Kier alpha value is -1.57. The van der Waals surface area contributed by atoms with Crippen molar-refractivity contribution in [1.82, 2.24) is 20.4 Å². The van der Waals surface area contributed by atoms with Crippen molar-refractivity contribution in [3.05, 3.63) is 52.8 Å². The first kappa shape index (κ1) is 22.7. The SMILES string of the molecule is CCNC(=NCC1(c2ccccc2)CC1)NC(C)Cc1c(C)nn(C)c1C.I. The summed E-state index contributed by atoms with van der Waals surface area (Å²) < 4.78 is 1.97. The monoisotopic (exact) mass is 495 g/mol. The van der Waals surface area contributed by atoms with Crippen molar-refractivity contribution in [3.8, 4) is 0 Å². The summed E-state index contributed by atoms with van der Waals surface area (Å²) in [5.41, 5.74) is 5.34. The minimum absolute atomic E-state index is 0. The Morgan fingerprint density at radius 3 is 2.46 bits per heavy atom. The van der Waals surface area contributed by atoms with E-state index in [0.29, 0.717) is 0 Å². The lowest BCUT2D eigenvalue weighted by atomic mass is 9.96. The van der Waals surface area contributed by atoms with Crippen LogP contribution >= 0.6 is 24.0 Å². The molecule has 1 unspecified atom stereocenters. The van der Waals surface area contributed by atoms with Crippen LogP contribution < -0.4 is 10.6 Å². The molecule has 0 radical (unpaired) electrons. The van der Waals surface area contributed by atoms with Crippen molar-refractivity contribution in [2.45, 2.75) is 58.4 Å². The van der Waals surface area contributed by atoms with Crippen LogP contribution in [0.5, 0.6) is 0 Å². The number of nitrogens with zero attached hydrogens (tertiary/aromatic N) is 3. The number of halogens is 1. The van der Waals surface area contributed by atoms with Crippen LogP contribution in [0.2, 0.25) is 0 Å². The zero-order valence-electron chi connectivity index (χ0n) is 17.7. The maximum Gasteiger partial charge on any atom is 0.191 e. The molecule has 0 spiro atoms. The van der Waals surface area contributed by atoms with E-state index in [-0.39, 0.29) is 35.4 Å². The predicted octanol–water partition coefficient (Wildman–Crippen LogP) is 3.87. The number of hydrogen-bond acceptors (Lipinski definition) is 2. The van der Waals surface area contributed by atoms with E-state index in [4.69, 9.17) is 4.99 Å². The molecule has 2 N–H and O–H groups in total. The zero-order valence-corrected chi connectivity index (χ0v) is 20.1. The average molecular weight is 495 g/mol. The van der Waals surface area contributed by atoms with Crippen molar-refractivity contribution >= 4 is 29.9 Å². The van der Waals surface area contributed by atoms with Gasteiger partial charge in [-0.1, -0.05) is 30.3 Å². The molecule has 1 aliphatic rings. The topological polar surface area (TPSA) is 54.2 Å². The van der Waals surface area contributed by atoms with E-state index in [2.05, 4.69) is 73.8 Å². The van der Waals surface area contributed by atoms with Crippen LogP contribution in [0.4, 0.5) is 0 Å². The van der Waals surface area contributed by atoms with Gasteiger partial charge in [0.25, 0.3) is 0 Å². The minimum atomic E-state index is 0. The molecule has 3 rings (SSSR count). The molecule has 0 bridgehead atoms. The van der Waals surface area contributed by atoms with Gasteiger partial charge in [-0.15, -0.1) is 24.0 Å². The number of aryl methyl sites for hydroxylation is 2. The van der Waals surface area contributed by atoms with Crippen molar-refractivity contribution in [3.63, 3.8) is 0 Å². The molecule has 1 heterocycles. The lowest BCUT2D eigenvalue weighted by Gasteiger charge is -2.20. The number of nitrogens with one attached hydrogen (secondary N) is 2. The maximum absolute atomic E-state index is 4.93. The number of hydrogen-bond donors (Lipinski definition) is 2. The number of benzene rings is 1. The Morgan fingerprint density at radius 1 is 1.25 bits per heavy atom. The Labute approximate surface area is 186 Å². The van der Waals surface area contributed by atoms with Gasteiger partial charge in [0.1, 0.15) is 0 Å². The Morgan fingerprint density at radius 2 is 1.93 bits per heavy atom. The van der Waals surface area contributed by atoms with Crippen LogP contribution in [0.25, 0.3) is 0 Å². The fourth-order valence-electron chi connectivity index (χ4n) is 3.73. The zero-order chi connectivity index (χ0) is 19.4. The van der Waals surface area contributed by atoms with Gasteiger partial charge in [0.15, 0.2) is 5.96 Å². The molecule has 6 heteroatoms. The van der Waals surface area contributed by atoms with Gasteiger partial charge >= 0.3 is 0 Å². The van der Waals surface area contributed by atoms with E-state index in [1.807, 2.05) is 11.7 Å². The number of rotatable bonds is 7. The molecule has 0 amide bonds. The maximum atomic E-state index is 4.93. The first-order valence-electron chi connectivity index (χ1n) is 10.0. The normalized spacial score (nSPS) is 16.2. The average Bonchev–Trinajstić information content (AvgIpc) is 3.41. The third-order valence-corrected chi connectivity index (χ3v) is 5.68. The summed E-state index contributed by atoms with van der Waals surface area (Å²) in [6.45, 7) is 10.2. The summed E-state index contributed by atoms with van der Waals surface area (Å²) in [7, 11) is 2.01. The molecule has 1 aliphatic carbocycles. The smallest absolute Gasteiger partial charge is 0.191 e. The van der Waals surface area contributed by atoms with E-state index in [0.717, 1.165) is 31.2 Å². The first-order valence-corrected chi connectivity index (χ1v) is 10.0. The van der Waals surface area contributed by atoms with Crippen molar-refractivity contribution in [2.75, 3.05) is 13.1 Å². The number of guanidine groups is 1. The van der Waals surface area contributed by atoms with E-state index >= 15 is 0 Å². The Kier molecular flexibility index (Phi) is 7.92. The third-order valence-electron chi connectivity index (χ3n) is 5.68. The van der Waals surface area contributed by atoms with Crippen LogP contribution in [0, 0.1) is 13.8 Å². The lowest BCUT2D eigenvalue weighted by molar-refractivity contribution is 0.627. The van der Waals surface area contributed by atoms with Crippen molar-refractivity contribution in [1.29, 1.82) is 0 Å². The fourth-order valence-corrected chi connectivity index (χ4v) is 3.73. The van der Waals surface area contributed by atoms with Crippen LogP contribution in [0.3, 0.4) is 0 Å². The second-order valence-electron chi connectivity index (χ2n) is 7.86. The summed E-state index contributed by atoms with van der Waals surface area (Å²) in [4.78, 5) is 4.93. The van der Waals surface area contributed by atoms with Crippen LogP contribution in [-0.2, 0) is 18.9 Å². The van der Waals surface area contributed by atoms with Crippen LogP contribution in [0.1, 0.15) is 49.2 Å². The van der Waals surface area contributed by atoms with Crippen molar-refractivity contribution in [2.24, 2.45) is 12.0 Å². The van der Waals surface area contributed by atoms with Gasteiger partial charge in [-0.3, -0.25) is 9.67 Å². The lowest BCUT2D eigenvalue weighted by Crippen LogP contribution is -2.43. The molecule has 0 saturated heterocycles. The van der Waals surface area contributed by atoms with E-state index < -0.39 is 0 Å². The molecule has 154 valence electrons. The molecular formula is C22H34IN5. The van der Waals surface area contributed by atoms with Crippen molar-refractivity contribution < 1.29 is 0 Å². The quantitative estimate of drug-likeness (QED) is 0.349. The van der Waals surface area contributed by atoms with Gasteiger partial charge in [-0.25, -0.2) is 0 Å². The standard InChI is InChI=1S/C22H33N5.HI/c1-6-23-21(24-15-22(12-13-22)19-10-8-7-9-11-19)25-16(2)14-20-17(3)26-27(5)18(20)4;/h7-11,16H,6,12-15H2,1-5H3,(H2,23,24,25);1H. The molecule has 1 aromatic heterocycles. The molecule has 1 saturated carbocycles. The predicted molar refractivity (Wildman–Crippen MR) is 128 cm³/mol. The number of aliphatic imine (C=N–C) groups is 1. The summed E-state index contributed by atoms with van der Waals surface area (Å²) in [5, 5.41) is 11.5. The van der Waals surface area contributed by atoms with Gasteiger partial charge in [0, 0.05) is 30.7 Å².